The molecule has 98 valence electrons. The van der Waals surface area contributed by atoms with Crippen molar-refractivity contribution < 1.29 is 4.79 Å². The van der Waals surface area contributed by atoms with Crippen molar-refractivity contribution in [2.75, 3.05) is 26.2 Å². The zero-order valence-corrected chi connectivity index (χ0v) is 11.6. The lowest BCUT2D eigenvalue weighted by molar-refractivity contribution is -0.130. The van der Waals surface area contributed by atoms with Gasteiger partial charge in [0, 0.05) is 31.4 Å². The number of hydrogen-bond acceptors (Lipinski definition) is 3. The van der Waals surface area contributed by atoms with E-state index in [9.17, 15) is 4.79 Å². The van der Waals surface area contributed by atoms with Crippen molar-refractivity contribution in [3.8, 4) is 0 Å². The minimum absolute atomic E-state index is 0.149. The SMILES string of the molecule is CC(SC1CCCCC1)C(=O)N1CCNCC1. The van der Waals surface area contributed by atoms with E-state index < -0.39 is 0 Å². The number of piperazine rings is 1. The molecule has 3 nitrogen and oxygen atoms in total. The third kappa shape index (κ3) is 3.88. The molecule has 0 aromatic rings. The fourth-order valence-corrected chi connectivity index (χ4v) is 4.14. The molecule has 1 unspecified atom stereocenters. The largest absolute Gasteiger partial charge is 0.339 e. The summed E-state index contributed by atoms with van der Waals surface area (Å²) >= 11 is 1.91. The molecular formula is C13H24N2OS. The van der Waals surface area contributed by atoms with Crippen LogP contribution >= 0.6 is 11.8 Å². The van der Waals surface area contributed by atoms with Crippen LogP contribution in [0.2, 0.25) is 0 Å². The fourth-order valence-electron chi connectivity index (χ4n) is 2.69. The molecule has 1 atom stereocenters. The van der Waals surface area contributed by atoms with Gasteiger partial charge in [-0.15, -0.1) is 11.8 Å². The number of nitrogens with one attached hydrogen (secondary N) is 1. The van der Waals surface area contributed by atoms with Crippen LogP contribution in [0.15, 0.2) is 0 Å². The predicted molar refractivity (Wildman–Crippen MR) is 73.4 cm³/mol. The lowest BCUT2D eigenvalue weighted by atomic mass is 10.0. The van der Waals surface area contributed by atoms with Gasteiger partial charge in [0.2, 0.25) is 5.91 Å². The van der Waals surface area contributed by atoms with Gasteiger partial charge in [-0.05, 0) is 19.8 Å². The Hall–Kier alpha value is -0.220. The third-order valence-electron chi connectivity index (χ3n) is 3.73. The molecule has 1 N–H and O–H groups in total. The normalized spacial score (nSPS) is 24.6. The second kappa shape index (κ2) is 6.64. The van der Waals surface area contributed by atoms with E-state index in [2.05, 4.69) is 12.2 Å². The summed E-state index contributed by atoms with van der Waals surface area (Å²) in [7, 11) is 0. The number of rotatable bonds is 3. The molecule has 2 fully saturated rings. The van der Waals surface area contributed by atoms with Crippen LogP contribution in [0, 0.1) is 0 Å². The molecule has 4 heteroatoms. The first kappa shape index (κ1) is 13.2. The summed E-state index contributed by atoms with van der Waals surface area (Å²) in [6, 6.07) is 0. The molecule has 0 spiro atoms. The third-order valence-corrected chi connectivity index (χ3v) is 5.19. The fraction of sp³-hybridized carbons (Fsp3) is 0.923. The zero-order valence-electron chi connectivity index (χ0n) is 10.8. The van der Waals surface area contributed by atoms with E-state index >= 15 is 0 Å². The molecule has 1 amide bonds. The number of amides is 1. The van der Waals surface area contributed by atoms with E-state index in [0.717, 1.165) is 31.4 Å². The summed E-state index contributed by atoms with van der Waals surface area (Å²) in [5.74, 6) is 0.349. The quantitative estimate of drug-likeness (QED) is 0.837. The molecular weight excluding hydrogens is 232 g/mol. The van der Waals surface area contributed by atoms with Crippen LogP contribution < -0.4 is 5.32 Å². The van der Waals surface area contributed by atoms with Gasteiger partial charge in [-0.3, -0.25) is 4.79 Å². The van der Waals surface area contributed by atoms with Crippen LogP contribution in [0.1, 0.15) is 39.0 Å². The van der Waals surface area contributed by atoms with Crippen molar-refractivity contribution in [1.29, 1.82) is 0 Å². The standard InChI is InChI=1S/C13H24N2OS/c1-11(17-12-5-3-2-4-6-12)13(16)15-9-7-14-8-10-15/h11-12,14H,2-10H2,1H3. The Labute approximate surface area is 109 Å². The van der Waals surface area contributed by atoms with Gasteiger partial charge in [-0.25, -0.2) is 0 Å². The Morgan fingerprint density at radius 2 is 1.88 bits per heavy atom. The topological polar surface area (TPSA) is 32.3 Å². The molecule has 0 aromatic carbocycles. The van der Waals surface area contributed by atoms with Crippen LogP contribution in [0.3, 0.4) is 0 Å². The predicted octanol–water partition coefficient (Wildman–Crippen LogP) is 1.87. The first-order chi connectivity index (χ1) is 8.27. The first-order valence-corrected chi connectivity index (χ1v) is 7.86. The minimum atomic E-state index is 0.149. The highest BCUT2D eigenvalue weighted by Crippen LogP contribution is 2.31. The van der Waals surface area contributed by atoms with Gasteiger partial charge < -0.3 is 10.2 Å². The average Bonchev–Trinajstić information content (AvgIpc) is 2.40. The van der Waals surface area contributed by atoms with Crippen LogP contribution in [-0.2, 0) is 4.79 Å². The van der Waals surface area contributed by atoms with Gasteiger partial charge in [0.1, 0.15) is 0 Å². The van der Waals surface area contributed by atoms with Crippen molar-refractivity contribution in [3.63, 3.8) is 0 Å². The summed E-state index contributed by atoms with van der Waals surface area (Å²) in [5.41, 5.74) is 0. The maximum absolute atomic E-state index is 12.2. The number of carbonyl (C=O) groups is 1. The summed E-state index contributed by atoms with van der Waals surface area (Å²) in [5, 5.41) is 4.17. The lowest BCUT2D eigenvalue weighted by Crippen LogP contribution is -2.49. The highest BCUT2D eigenvalue weighted by Gasteiger charge is 2.25. The van der Waals surface area contributed by atoms with Crippen molar-refractivity contribution in [1.82, 2.24) is 10.2 Å². The summed E-state index contributed by atoms with van der Waals surface area (Å²) in [6.07, 6.45) is 6.71. The van der Waals surface area contributed by atoms with Gasteiger partial charge >= 0.3 is 0 Å². The summed E-state index contributed by atoms with van der Waals surface area (Å²) in [4.78, 5) is 14.3. The molecule has 1 heterocycles. The van der Waals surface area contributed by atoms with Gasteiger partial charge in [0.15, 0.2) is 0 Å². The maximum atomic E-state index is 12.2. The highest BCUT2D eigenvalue weighted by molar-refractivity contribution is 8.01. The smallest absolute Gasteiger partial charge is 0.235 e. The molecule has 1 aliphatic heterocycles. The monoisotopic (exact) mass is 256 g/mol. The van der Waals surface area contributed by atoms with E-state index in [1.165, 1.54) is 32.1 Å². The Bertz CT molecular complexity index is 248. The number of nitrogens with zero attached hydrogens (tertiary/aromatic N) is 1. The van der Waals surface area contributed by atoms with Crippen LogP contribution in [-0.4, -0.2) is 47.5 Å². The Morgan fingerprint density at radius 3 is 2.53 bits per heavy atom. The molecule has 0 bridgehead atoms. The van der Waals surface area contributed by atoms with Crippen molar-refractivity contribution in [2.45, 2.75) is 49.5 Å². The van der Waals surface area contributed by atoms with E-state index in [-0.39, 0.29) is 5.25 Å². The second-order valence-electron chi connectivity index (χ2n) is 5.11. The van der Waals surface area contributed by atoms with E-state index in [1.54, 1.807) is 0 Å². The van der Waals surface area contributed by atoms with Gasteiger partial charge in [-0.1, -0.05) is 19.3 Å². The molecule has 2 rings (SSSR count). The van der Waals surface area contributed by atoms with Gasteiger partial charge in [0.05, 0.1) is 5.25 Å². The van der Waals surface area contributed by atoms with Gasteiger partial charge in [0.25, 0.3) is 0 Å². The van der Waals surface area contributed by atoms with Crippen molar-refractivity contribution in [3.05, 3.63) is 0 Å². The Morgan fingerprint density at radius 1 is 1.24 bits per heavy atom. The van der Waals surface area contributed by atoms with Crippen LogP contribution in [0.25, 0.3) is 0 Å². The average molecular weight is 256 g/mol. The molecule has 2 aliphatic rings. The highest BCUT2D eigenvalue weighted by atomic mass is 32.2. The lowest BCUT2D eigenvalue weighted by Gasteiger charge is -2.31. The van der Waals surface area contributed by atoms with Crippen LogP contribution in [0.5, 0.6) is 0 Å². The van der Waals surface area contributed by atoms with Crippen molar-refractivity contribution in [2.24, 2.45) is 0 Å². The van der Waals surface area contributed by atoms with Crippen LogP contribution in [0.4, 0.5) is 0 Å². The molecule has 1 saturated heterocycles. The molecule has 0 aromatic heterocycles. The Kier molecular flexibility index (Phi) is 5.16. The second-order valence-corrected chi connectivity index (χ2v) is 6.76. The van der Waals surface area contributed by atoms with E-state index in [0.29, 0.717) is 5.91 Å². The maximum Gasteiger partial charge on any atom is 0.235 e. The number of carbonyl (C=O) groups excluding carboxylic acids is 1. The first-order valence-electron chi connectivity index (χ1n) is 6.92. The molecule has 1 aliphatic carbocycles. The summed E-state index contributed by atoms with van der Waals surface area (Å²) in [6.45, 7) is 5.76. The zero-order chi connectivity index (χ0) is 12.1. The van der Waals surface area contributed by atoms with Gasteiger partial charge in [-0.2, -0.15) is 0 Å². The number of thioether (sulfide) groups is 1. The van der Waals surface area contributed by atoms with E-state index in [4.69, 9.17) is 0 Å². The molecule has 0 radical (unpaired) electrons. The minimum Gasteiger partial charge on any atom is -0.339 e. The molecule has 1 saturated carbocycles. The molecule has 17 heavy (non-hydrogen) atoms. The van der Waals surface area contributed by atoms with Crippen molar-refractivity contribution >= 4 is 17.7 Å². The van der Waals surface area contributed by atoms with E-state index in [1.807, 2.05) is 16.7 Å². The summed E-state index contributed by atoms with van der Waals surface area (Å²) < 4.78 is 0. The Balaban J connectivity index is 1.77. The number of hydrogen-bond donors (Lipinski definition) is 1.